The molecule has 1 aliphatic rings. The van der Waals surface area contributed by atoms with Crippen LogP contribution >= 0.6 is 0 Å². The molecule has 1 aromatic rings. The van der Waals surface area contributed by atoms with Gasteiger partial charge in [-0.25, -0.2) is 9.59 Å². The predicted molar refractivity (Wildman–Crippen MR) is 121 cm³/mol. The topological polar surface area (TPSA) is 73.9 Å². The highest BCUT2D eigenvalue weighted by atomic mass is 16.6. The summed E-state index contributed by atoms with van der Waals surface area (Å²) in [7, 11) is 0. The first-order valence-electron chi connectivity index (χ1n) is 11.1. The third kappa shape index (κ3) is 7.76. The van der Waals surface area contributed by atoms with Crippen molar-refractivity contribution < 1.29 is 14.3 Å². The van der Waals surface area contributed by atoms with Crippen LogP contribution < -0.4 is 10.6 Å². The highest BCUT2D eigenvalue weighted by molar-refractivity contribution is 5.74. The van der Waals surface area contributed by atoms with Crippen molar-refractivity contribution in [2.75, 3.05) is 38.0 Å². The van der Waals surface area contributed by atoms with E-state index in [4.69, 9.17) is 4.74 Å². The first-order valence-corrected chi connectivity index (χ1v) is 11.1. The number of urea groups is 1. The lowest BCUT2D eigenvalue weighted by atomic mass is 10.0. The van der Waals surface area contributed by atoms with E-state index in [0.29, 0.717) is 12.6 Å². The fourth-order valence-corrected chi connectivity index (χ4v) is 3.54. The number of piperidine rings is 1. The Hall–Kier alpha value is -2.44. The Labute approximate surface area is 181 Å². The molecule has 1 saturated heterocycles. The summed E-state index contributed by atoms with van der Waals surface area (Å²) in [4.78, 5) is 28.0. The van der Waals surface area contributed by atoms with Gasteiger partial charge < -0.3 is 25.2 Å². The van der Waals surface area contributed by atoms with E-state index in [9.17, 15) is 9.59 Å². The van der Waals surface area contributed by atoms with Crippen molar-refractivity contribution in [1.29, 1.82) is 0 Å². The normalized spacial score (nSPS) is 14.9. The summed E-state index contributed by atoms with van der Waals surface area (Å²) in [5.41, 5.74) is 1.77. The van der Waals surface area contributed by atoms with Crippen molar-refractivity contribution in [2.24, 2.45) is 0 Å². The largest absolute Gasteiger partial charge is 0.444 e. The van der Waals surface area contributed by atoms with Crippen molar-refractivity contribution >= 4 is 17.8 Å². The van der Waals surface area contributed by atoms with Crippen molar-refractivity contribution in [1.82, 2.24) is 15.1 Å². The molecule has 7 nitrogen and oxygen atoms in total. The number of ether oxygens (including phenoxy) is 1. The molecular formula is C23H38N4O3. The number of carbonyl (C=O) groups excluding carboxylic acids is 2. The van der Waals surface area contributed by atoms with E-state index >= 15 is 0 Å². The number of anilines is 1. The minimum Gasteiger partial charge on any atom is -0.444 e. The zero-order valence-corrected chi connectivity index (χ0v) is 19.2. The fourth-order valence-electron chi connectivity index (χ4n) is 3.54. The van der Waals surface area contributed by atoms with Gasteiger partial charge in [-0.15, -0.1) is 0 Å². The van der Waals surface area contributed by atoms with E-state index in [1.165, 1.54) is 0 Å². The van der Waals surface area contributed by atoms with Gasteiger partial charge in [0.15, 0.2) is 0 Å². The van der Waals surface area contributed by atoms with Crippen molar-refractivity contribution in [3.63, 3.8) is 0 Å². The number of alkyl carbamates (subject to hydrolysis) is 1. The van der Waals surface area contributed by atoms with E-state index in [1.54, 1.807) is 0 Å². The van der Waals surface area contributed by atoms with E-state index in [0.717, 1.165) is 56.7 Å². The van der Waals surface area contributed by atoms with Gasteiger partial charge in [-0.05, 0) is 71.6 Å². The number of nitrogens with one attached hydrogen (secondary N) is 2. The number of rotatable bonds is 7. The van der Waals surface area contributed by atoms with Gasteiger partial charge in [0.1, 0.15) is 5.60 Å². The van der Waals surface area contributed by atoms with Gasteiger partial charge in [0.05, 0.1) is 0 Å². The predicted octanol–water partition coefficient (Wildman–Crippen LogP) is 4.09. The molecule has 0 atom stereocenters. The maximum absolute atomic E-state index is 12.5. The average molecular weight is 419 g/mol. The van der Waals surface area contributed by atoms with Gasteiger partial charge in [0.2, 0.25) is 0 Å². The van der Waals surface area contributed by atoms with E-state index in [2.05, 4.69) is 34.9 Å². The SMILES string of the molecule is CCN(CC)C(=O)N1CCC(Nc2ccc(CCNC(=O)OC(C)(C)C)cc2)CC1. The Morgan fingerprint density at radius 3 is 2.23 bits per heavy atom. The van der Waals surface area contributed by atoms with Crippen LogP contribution in [0.2, 0.25) is 0 Å². The van der Waals surface area contributed by atoms with Gasteiger partial charge in [-0.3, -0.25) is 0 Å². The Morgan fingerprint density at radius 1 is 1.10 bits per heavy atom. The minimum atomic E-state index is -0.480. The number of likely N-dealkylation sites (tertiary alicyclic amines) is 1. The van der Waals surface area contributed by atoms with E-state index < -0.39 is 5.60 Å². The monoisotopic (exact) mass is 418 g/mol. The summed E-state index contributed by atoms with van der Waals surface area (Å²) in [6.07, 6.45) is 2.28. The van der Waals surface area contributed by atoms with E-state index in [-0.39, 0.29) is 12.1 Å². The summed E-state index contributed by atoms with van der Waals surface area (Å²) in [6, 6.07) is 8.86. The molecule has 0 aromatic heterocycles. The van der Waals surface area contributed by atoms with Gasteiger partial charge >= 0.3 is 12.1 Å². The molecule has 1 heterocycles. The molecule has 1 fully saturated rings. The van der Waals surface area contributed by atoms with Crippen LogP contribution in [-0.2, 0) is 11.2 Å². The minimum absolute atomic E-state index is 0.155. The van der Waals surface area contributed by atoms with E-state index in [1.807, 2.05) is 44.4 Å². The number of carbonyl (C=O) groups is 2. The standard InChI is InChI=1S/C23H38N4O3/c1-6-26(7-2)22(29)27-16-13-20(14-17-27)25-19-10-8-18(9-11-19)12-15-24-21(28)30-23(3,4)5/h8-11,20,25H,6-7,12-17H2,1-5H3,(H,24,28). The first-order chi connectivity index (χ1) is 14.2. The summed E-state index contributed by atoms with van der Waals surface area (Å²) in [5, 5.41) is 6.37. The third-order valence-electron chi connectivity index (χ3n) is 5.21. The van der Waals surface area contributed by atoms with Crippen LogP contribution in [0, 0.1) is 0 Å². The molecule has 2 rings (SSSR count). The van der Waals surface area contributed by atoms with Crippen molar-refractivity contribution in [3.05, 3.63) is 29.8 Å². The number of amides is 3. The summed E-state index contributed by atoms with van der Waals surface area (Å²) in [6.45, 7) is 13.2. The fraction of sp³-hybridized carbons (Fsp3) is 0.652. The second-order valence-corrected chi connectivity index (χ2v) is 8.74. The second kappa shape index (κ2) is 11.1. The van der Waals surface area contributed by atoms with Crippen molar-refractivity contribution in [3.8, 4) is 0 Å². The molecule has 7 heteroatoms. The maximum Gasteiger partial charge on any atom is 0.407 e. The molecule has 0 aliphatic carbocycles. The lowest BCUT2D eigenvalue weighted by Crippen LogP contribution is -2.48. The quantitative estimate of drug-likeness (QED) is 0.699. The molecule has 1 aromatic carbocycles. The van der Waals surface area contributed by atoms with Gasteiger partial charge in [0.25, 0.3) is 0 Å². The summed E-state index contributed by atoms with van der Waals surface area (Å²) < 4.78 is 5.24. The molecule has 1 aliphatic heterocycles. The van der Waals surface area contributed by atoms with Crippen LogP contribution in [0.4, 0.5) is 15.3 Å². The third-order valence-corrected chi connectivity index (χ3v) is 5.21. The molecule has 168 valence electrons. The van der Waals surface area contributed by atoms with Crippen LogP contribution in [0.1, 0.15) is 53.0 Å². The molecule has 30 heavy (non-hydrogen) atoms. The number of nitrogens with zero attached hydrogens (tertiary/aromatic N) is 2. The van der Waals surface area contributed by atoms with Crippen LogP contribution in [0.15, 0.2) is 24.3 Å². The van der Waals surface area contributed by atoms with Gasteiger partial charge in [-0.2, -0.15) is 0 Å². The van der Waals surface area contributed by atoms with Crippen molar-refractivity contribution in [2.45, 2.75) is 65.5 Å². The Morgan fingerprint density at radius 2 is 1.70 bits per heavy atom. The Bertz CT molecular complexity index is 673. The van der Waals surface area contributed by atoms with Gasteiger partial charge in [-0.1, -0.05) is 12.1 Å². The second-order valence-electron chi connectivity index (χ2n) is 8.74. The molecule has 2 N–H and O–H groups in total. The highest BCUT2D eigenvalue weighted by Gasteiger charge is 2.25. The van der Waals surface area contributed by atoms with Crippen LogP contribution in [-0.4, -0.2) is 66.3 Å². The average Bonchev–Trinajstić information content (AvgIpc) is 2.69. The lowest BCUT2D eigenvalue weighted by molar-refractivity contribution is 0.0528. The molecule has 0 bridgehead atoms. The zero-order valence-electron chi connectivity index (χ0n) is 19.2. The summed E-state index contributed by atoms with van der Waals surface area (Å²) >= 11 is 0. The smallest absolute Gasteiger partial charge is 0.407 e. The molecule has 0 spiro atoms. The first kappa shape index (κ1) is 23.8. The van der Waals surface area contributed by atoms with Gasteiger partial charge in [0, 0.05) is 44.5 Å². The highest BCUT2D eigenvalue weighted by Crippen LogP contribution is 2.18. The number of hydrogen-bond donors (Lipinski definition) is 2. The molecular weight excluding hydrogens is 380 g/mol. The molecule has 0 radical (unpaired) electrons. The molecule has 0 unspecified atom stereocenters. The lowest BCUT2D eigenvalue weighted by Gasteiger charge is -2.35. The molecule has 0 saturated carbocycles. The molecule has 3 amide bonds. The van der Waals surface area contributed by atoms with Crippen LogP contribution in [0.5, 0.6) is 0 Å². The summed E-state index contributed by atoms with van der Waals surface area (Å²) in [5.74, 6) is 0. The zero-order chi connectivity index (χ0) is 22.1. The Balaban J connectivity index is 1.72. The number of benzene rings is 1. The number of hydrogen-bond acceptors (Lipinski definition) is 4. The maximum atomic E-state index is 12.5. The van der Waals surface area contributed by atoms with Crippen LogP contribution in [0.3, 0.4) is 0 Å². The van der Waals surface area contributed by atoms with Crippen LogP contribution in [0.25, 0.3) is 0 Å². The Kier molecular flexibility index (Phi) is 8.81.